The summed E-state index contributed by atoms with van der Waals surface area (Å²) in [4.78, 5) is 26.6. The van der Waals surface area contributed by atoms with Gasteiger partial charge >= 0.3 is 5.97 Å². The zero-order valence-corrected chi connectivity index (χ0v) is 18.0. The van der Waals surface area contributed by atoms with Gasteiger partial charge in [0.05, 0.1) is 18.7 Å². The molecule has 4 rings (SSSR count). The fraction of sp³-hybridized carbons (Fsp3) is 0.381. The minimum atomic E-state index is -0.408. The number of ether oxygens (including phenoxy) is 1. The van der Waals surface area contributed by atoms with Crippen LogP contribution in [-0.4, -0.2) is 39.2 Å². The molecule has 0 atom stereocenters. The predicted octanol–water partition coefficient (Wildman–Crippen LogP) is 3.90. The van der Waals surface area contributed by atoms with Crippen molar-refractivity contribution in [2.45, 2.75) is 45.6 Å². The number of carbonyl (C=O) groups is 2. The quantitative estimate of drug-likeness (QED) is 0.623. The Balaban J connectivity index is 1.65. The zero-order valence-electron chi connectivity index (χ0n) is 17.1. The van der Waals surface area contributed by atoms with Crippen molar-refractivity contribution in [1.29, 1.82) is 0 Å². The number of nitrogens with zero attached hydrogens (tertiary/aromatic N) is 4. The second-order valence-corrected chi connectivity index (χ2v) is 8.59. The average Bonchev–Trinajstić information content (AvgIpc) is 3.38. The topological polar surface area (TPSA) is 99.0 Å². The molecule has 1 N–H and O–H groups in total. The lowest BCUT2D eigenvalue weighted by molar-refractivity contribution is 0.0601. The minimum Gasteiger partial charge on any atom is -0.465 e. The Morgan fingerprint density at radius 1 is 1.23 bits per heavy atom. The average molecular weight is 426 g/mol. The highest BCUT2D eigenvalue weighted by Gasteiger charge is 2.27. The normalized spacial score (nSPS) is 13.2. The van der Waals surface area contributed by atoms with Gasteiger partial charge in [-0.2, -0.15) is 0 Å². The number of hydrogen-bond acceptors (Lipinski definition) is 7. The summed E-state index contributed by atoms with van der Waals surface area (Å²) < 4.78 is 6.69. The van der Waals surface area contributed by atoms with E-state index in [1.807, 2.05) is 19.9 Å². The number of thiophene rings is 1. The van der Waals surface area contributed by atoms with Gasteiger partial charge in [0.2, 0.25) is 0 Å². The van der Waals surface area contributed by atoms with Crippen LogP contribution in [0.3, 0.4) is 0 Å². The van der Waals surface area contributed by atoms with E-state index in [2.05, 4.69) is 20.8 Å². The molecule has 2 aromatic heterocycles. The molecule has 2 heterocycles. The molecule has 0 fully saturated rings. The fourth-order valence-electron chi connectivity index (χ4n) is 3.68. The molecule has 1 aliphatic carbocycles. The van der Waals surface area contributed by atoms with E-state index in [0.717, 1.165) is 41.7 Å². The Bertz CT molecular complexity index is 1100. The Hall–Kier alpha value is -3.07. The molecule has 1 aromatic carbocycles. The number of esters is 1. The summed E-state index contributed by atoms with van der Waals surface area (Å²) in [6.45, 7) is 3.98. The lowest BCUT2D eigenvalue weighted by Gasteiger charge is -2.12. The molecule has 0 bridgehead atoms. The number of anilines is 1. The van der Waals surface area contributed by atoms with E-state index in [0.29, 0.717) is 22.0 Å². The predicted molar refractivity (Wildman–Crippen MR) is 114 cm³/mol. The van der Waals surface area contributed by atoms with E-state index >= 15 is 0 Å². The molecule has 0 unspecified atom stereocenters. The molecular formula is C21H23N5O3S. The number of methoxy groups -OCH3 is 1. The number of carbonyl (C=O) groups excluding carboxylic acids is 2. The van der Waals surface area contributed by atoms with Gasteiger partial charge in [0.1, 0.15) is 5.00 Å². The SMILES string of the molecule is COC(=O)c1c(NC(=O)c2cccc(-c3nnnn3C(C)C)c2)sc2c1CCCC2. The van der Waals surface area contributed by atoms with Crippen LogP contribution in [0.2, 0.25) is 0 Å². The molecule has 3 aromatic rings. The molecule has 0 saturated carbocycles. The van der Waals surface area contributed by atoms with Crippen molar-refractivity contribution in [3.63, 3.8) is 0 Å². The van der Waals surface area contributed by atoms with Crippen LogP contribution < -0.4 is 5.32 Å². The number of aromatic nitrogens is 4. The number of amides is 1. The maximum absolute atomic E-state index is 13.0. The maximum atomic E-state index is 13.0. The first-order chi connectivity index (χ1) is 14.5. The van der Waals surface area contributed by atoms with Crippen LogP contribution >= 0.6 is 11.3 Å². The van der Waals surface area contributed by atoms with E-state index in [-0.39, 0.29) is 11.9 Å². The van der Waals surface area contributed by atoms with Gasteiger partial charge in [-0.15, -0.1) is 16.4 Å². The summed E-state index contributed by atoms with van der Waals surface area (Å²) in [6, 6.07) is 7.24. The van der Waals surface area contributed by atoms with Crippen molar-refractivity contribution >= 4 is 28.2 Å². The van der Waals surface area contributed by atoms with E-state index in [4.69, 9.17) is 4.74 Å². The van der Waals surface area contributed by atoms with Crippen LogP contribution in [0.4, 0.5) is 5.00 Å². The van der Waals surface area contributed by atoms with Gasteiger partial charge in [-0.05, 0) is 67.7 Å². The van der Waals surface area contributed by atoms with E-state index in [1.54, 1.807) is 22.9 Å². The standard InChI is InChI=1S/C21H23N5O3S/c1-12(2)26-18(23-24-25-26)13-7-6-8-14(11-13)19(27)22-20-17(21(28)29-3)15-9-4-5-10-16(15)30-20/h6-8,11-12H,4-5,9-10H2,1-3H3,(H,22,27). The van der Waals surface area contributed by atoms with E-state index in [9.17, 15) is 9.59 Å². The van der Waals surface area contributed by atoms with E-state index in [1.165, 1.54) is 18.4 Å². The van der Waals surface area contributed by atoms with Crippen LogP contribution in [0, 0.1) is 0 Å². The number of benzene rings is 1. The molecule has 0 radical (unpaired) electrons. The molecule has 1 amide bonds. The molecular weight excluding hydrogens is 402 g/mol. The van der Waals surface area contributed by atoms with Crippen LogP contribution in [0.25, 0.3) is 11.4 Å². The van der Waals surface area contributed by atoms with Crippen LogP contribution in [0.1, 0.15) is 63.9 Å². The number of aryl methyl sites for hydroxylation is 1. The summed E-state index contributed by atoms with van der Waals surface area (Å²) >= 11 is 1.47. The molecule has 0 aliphatic heterocycles. The van der Waals surface area contributed by atoms with Crippen LogP contribution in [-0.2, 0) is 17.6 Å². The molecule has 156 valence electrons. The second-order valence-electron chi connectivity index (χ2n) is 7.48. The van der Waals surface area contributed by atoms with Crippen LogP contribution in [0.15, 0.2) is 24.3 Å². The fourth-order valence-corrected chi connectivity index (χ4v) is 4.95. The largest absolute Gasteiger partial charge is 0.465 e. The highest BCUT2D eigenvalue weighted by atomic mass is 32.1. The van der Waals surface area contributed by atoms with Gasteiger partial charge < -0.3 is 10.1 Å². The molecule has 9 heteroatoms. The first-order valence-electron chi connectivity index (χ1n) is 9.92. The van der Waals surface area contributed by atoms with Crippen molar-refractivity contribution in [2.75, 3.05) is 12.4 Å². The highest BCUT2D eigenvalue weighted by molar-refractivity contribution is 7.17. The third-order valence-electron chi connectivity index (χ3n) is 5.15. The van der Waals surface area contributed by atoms with Gasteiger partial charge in [-0.1, -0.05) is 12.1 Å². The third kappa shape index (κ3) is 3.72. The van der Waals surface area contributed by atoms with Gasteiger partial charge in [0, 0.05) is 16.0 Å². The summed E-state index contributed by atoms with van der Waals surface area (Å²) in [5.41, 5.74) is 2.72. The Morgan fingerprint density at radius 2 is 2.03 bits per heavy atom. The lowest BCUT2D eigenvalue weighted by atomic mass is 9.95. The smallest absolute Gasteiger partial charge is 0.341 e. The molecule has 1 aliphatic rings. The first-order valence-corrected chi connectivity index (χ1v) is 10.7. The Morgan fingerprint density at radius 3 is 2.80 bits per heavy atom. The minimum absolute atomic E-state index is 0.0903. The van der Waals surface area contributed by atoms with Gasteiger partial charge in [0.25, 0.3) is 5.91 Å². The zero-order chi connectivity index (χ0) is 21.3. The van der Waals surface area contributed by atoms with Crippen molar-refractivity contribution in [1.82, 2.24) is 20.2 Å². The highest BCUT2D eigenvalue weighted by Crippen LogP contribution is 2.38. The number of rotatable bonds is 5. The summed E-state index contributed by atoms with van der Waals surface area (Å²) in [5, 5.41) is 15.3. The van der Waals surface area contributed by atoms with Crippen molar-refractivity contribution in [3.8, 4) is 11.4 Å². The summed E-state index contributed by atoms with van der Waals surface area (Å²) in [6.07, 6.45) is 3.88. The maximum Gasteiger partial charge on any atom is 0.341 e. The number of fused-ring (bicyclic) bond motifs is 1. The van der Waals surface area contributed by atoms with Crippen LogP contribution in [0.5, 0.6) is 0 Å². The molecule has 8 nitrogen and oxygen atoms in total. The van der Waals surface area contributed by atoms with E-state index < -0.39 is 5.97 Å². The molecule has 0 saturated heterocycles. The number of hydrogen-bond donors (Lipinski definition) is 1. The van der Waals surface area contributed by atoms with Crippen molar-refractivity contribution in [2.24, 2.45) is 0 Å². The van der Waals surface area contributed by atoms with Crippen molar-refractivity contribution < 1.29 is 14.3 Å². The summed E-state index contributed by atoms with van der Waals surface area (Å²) in [7, 11) is 1.36. The monoisotopic (exact) mass is 425 g/mol. The Kier molecular flexibility index (Phi) is 5.63. The lowest BCUT2D eigenvalue weighted by Crippen LogP contribution is -2.15. The summed E-state index contributed by atoms with van der Waals surface area (Å²) in [5.74, 6) is -0.0970. The molecule has 30 heavy (non-hydrogen) atoms. The van der Waals surface area contributed by atoms with Gasteiger partial charge in [-0.25, -0.2) is 9.48 Å². The number of nitrogens with one attached hydrogen (secondary N) is 1. The van der Waals surface area contributed by atoms with Gasteiger partial charge in [-0.3, -0.25) is 4.79 Å². The molecule has 0 spiro atoms. The third-order valence-corrected chi connectivity index (χ3v) is 6.36. The second kappa shape index (κ2) is 8.35. The Labute approximate surface area is 178 Å². The van der Waals surface area contributed by atoms with Gasteiger partial charge in [0.15, 0.2) is 5.82 Å². The first kappa shape index (κ1) is 20.2. The number of tetrazole rings is 1. The van der Waals surface area contributed by atoms with Crippen molar-refractivity contribution in [3.05, 3.63) is 45.8 Å².